The third-order valence-electron chi connectivity index (χ3n) is 2.77. The van der Waals surface area contributed by atoms with Crippen LogP contribution in [0.4, 0.5) is 0 Å². The molecule has 0 saturated carbocycles. The zero-order valence-electron chi connectivity index (χ0n) is 11.7. The Morgan fingerprint density at radius 2 is 2.05 bits per heavy atom. The Morgan fingerprint density at radius 3 is 2.63 bits per heavy atom. The second-order valence-corrected chi connectivity index (χ2v) is 4.65. The summed E-state index contributed by atoms with van der Waals surface area (Å²) >= 11 is 0. The molecule has 0 aromatic heterocycles. The molecule has 0 heterocycles. The summed E-state index contributed by atoms with van der Waals surface area (Å²) < 4.78 is 5.42. The lowest BCUT2D eigenvalue weighted by Gasteiger charge is -2.09. The Kier molecular flexibility index (Phi) is 8.19. The van der Waals surface area contributed by atoms with Crippen LogP contribution in [0, 0.1) is 13.8 Å². The van der Waals surface area contributed by atoms with Gasteiger partial charge in [-0.3, -0.25) is 4.79 Å². The van der Waals surface area contributed by atoms with Gasteiger partial charge in [-0.25, -0.2) is 0 Å². The number of nitrogens with two attached hydrogens (primary N) is 1. The fourth-order valence-electron chi connectivity index (χ4n) is 1.44. The smallest absolute Gasteiger partial charge is 0.257 e. The van der Waals surface area contributed by atoms with Crippen LogP contribution in [0.3, 0.4) is 0 Å². The van der Waals surface area contributed by atoms with E-state index in [2.05, 4.69) is 5.32 Å². The average molecular weight is 287 g/mol. The molecule has 3 N–H and O–H groups in total. The maximum absolute atomic E-state index is 11.5. The maximum atomic E-state index is 11.5. The summed E-state index contributed by atoms with van der Waals surface area (Å²) in [5.74, 6) is 0.606. The number of ether oxygens (including phenoxy) is 1. The molecule has 1 amide bonds. The van der Waals surface area contributed by atoms with Crippen molar-refractivity contribution in [3.05, 3.63) is 29.3 Å². The zero-order chi connectivity index (χ0) is 13.5. The molecule has 4 nitrogen and oxygen atoms in total. The molecule has 0 bridgehead atoms. The number of aryl methyl sites for hydroxylation is 2. The molecule has 0 radical (unpaired) electrons. The number of nitrogens with one attached hydrogen (secondary N) is 1. The van der Waals surface area contributed by atoms with Gasteiger partial charge in [0.1, 0.15) is 5.75 Å². The van der Waals surface area contributed by atoms with E-state index < -0.39 is 0 Å². The predicted molar refractivity (Wildman–Crippen MR) is 79.9 cm³/mol. The van der Waals surface area contributed by atoms with Crippen molar-refractivity contribution < 1.29 is 9.53 Å². The van der Waals surface area contributed by atoms with Gasteiger partial charge in [-0.2, -0.15) is 0 Å². The fourth-order valence-corrected chi connectivity index (χ4v) is 1.44. The summed E-state index contributed by atoms with van der Waals surface area (Å²) in [4.78, 5) is 11.5. The molecular formula is C14H23ClN2O2. The van der Waals surface area contributed by atoms with Crippen LogP contribution in [-0.4, -0.2) is 25.1 Å². The number of hydrogen-bond acceptors (Lipinski definition) is 3. The minimum Gasteiger partial charge on any atom is -0.484 e. The Balaban J connectivity index is 0.00000324. The Hall–Kier alpha value is -1.26. The Morgan fingerprint density at radius 1 is 1.37 bits per heavy atom. The van der Waals surface area contributed by atoms with Crippen LogP contribution in [0.15, 0.2) is 18.2 Å². The monoisotopic (exact) mass is 286 g/mol. The van der Waals surface area contributed by atoms with Crippen molar-refractivity contribution >= 4 is 18.3 Å². The van der Waals surface area contributed by atoms with Crippen molar-refractivity contribution in [1.82, 2.24) is 5.32 Å². The van der Waals surface area contributed by atoms with E-state index in [0.29, 0.717) is 6.54 Å². The highest BCUT2D eigenvalue weighted by molar-refractivity contribution is 5.85. The summed E-state index contributed by atoms with van der Waals surface area (Å²) in [6, 6.07) is 5.90. The number of carbonyl (C=O) groups is 1. The topological polar surface area (TPSA) is 64.3 Å². The molecule has 1 atom stereocenters. The molecule has 0 fully saturated rings. The average Bonchev–Trinajstić information content (AvgIpc) is 2.30. The van der Waals surface area contributed by atoms with Gasteiger partial charge in [-0.1, -0.05) is 6.07 Å². The van der Waals surface area contributed by atoms with Gasteiger partial charge in [0, 0.05) is 12.6 Å². The first-order valence-electron chi connectivity index (χ1n) is 6.21. The third kappa shape index (κ3) is 7.03. The molecule has 1 aromatic rings. The molecule has 1 unspecified atom stereocenters. The number of rotatable bonds is 6. The van der Waals surface area contributed by atoms with Crippen LogP contribution in [-0.2, 0) is 4.79 Å². The van der Waals surface area contributed by atoms with E-state index in [1.807, 2.05) is 39.0 Å². The van der Waals surface area contributed by atoms with E-state index in [9.17, 15) is 4.79 Å². The molecule has 108 valence electrons. The Labute approximate surface area is 121 Å². The highest BCUT2D eigenvalue weighted by atomic mass is 35.5. The van der Waals surface area contributed by atoms with Crippen LogP contribution in [0.25, 0.3) is 0 Å². The molecule has 0 spiro atoms. The van der Waals surface area contributed by atoms with Crippen molar-refractivity contribution in [3.63, 3.8) is 0 Å². The van der Waals surface area contributed by atoms with E-state index in [4.69, 9.17) is 10.5 Å². The minimum absolute atomic E-state index is 0. The second kappa shape index (κ2) is 8.77. The number of halogens is 1. The van der Waals surface area contributed by atoms with E-state index >= 15 is 0 Å². The highest BCUT2D eigenvalue weighted by Crippen LogP contribution is 2.16. The van der Waals surface area contributed by atoms with E-state index in [-0.39, 0.29) is 31.0 Å². The van der Waals surface area contributed by atoms with Crippen LogP contribution in [0.5, 0.6) is 5.75 Å². The van der Waals surface area contributed by atoms with Gasteiger partial charge in [0.2, 0.25) is 0 Å². The largest absolute Gasteiger partial charge is 0.484 e. The van der Waals surface area contributed by atoms with Gasteiger partial charge in [0.05, 0.1) is 0 Å². The van der Waals surface area contributed by atoms with Crippen molar-refractivity contribution in [3.8, 4) is 5.75 Å². The number of amides is 1. The predicted octanol–water partition coefficient (Wildman–Crippen LogP) is 1.96. The molecule has 5 heteroatoms. The zero-order valence-corrected chi connectivity index (χ0v) is 12.5. The van der Waals surface area contributed by atoms with Crippen LogP contribution < -0.4 is 15.8 Å². The highest BCUT2D eigenvalue weighted by Gasteiger charge is 2.03. The van der Waals surface area contributed by atoms with Crippen molar-refractivity contribution in [2.75, 3.05) is 13.2 Å². The second-order valence-electron chi connectivity index (χ2n) is 4.65. The molecular weight excluding hydrogens is 264 g/mol. The molecule has 0 aliphatic rings. The lowest BCUT2D eigenvalue weighted by Crippen LogP contribution is -2.32. The standard InChI is InChI=1S/C14H22N2O2.ClH/c1-10-4-5-13(8-11(10)2)18-9-14(17)16-7-6-12(3)15;/h4-5,8,12H,6-7,9,15H2,1-3H3,(H,16,17);1H. The first-order chi connectivity index (χ1) is 8.49. The normalized spacial score (nSPS) is 11.4. The van der Waals surface area contributed by atoms with Gasteiger partial charge in [-0.15, -0.1) is 12.4 Å². The molecule has 1 rings (SSSR count). The molecule has 0 aliphatic carbocycles. The Bertz CT molecular complexity index is 408. The van der Waals surface area contributed by atoms with Crippen molar-refractivity contribution in [2.24, 2.45) is 5.73 Å². The van der Waals surface area contributed by atoms with Gasteiger partial charge in [0.15, 0.2) is 6.61 Å². The SMILES string of the molecule is Cc1ccc(OCC(=O)NCCC(C)N)cc1C.Cl. The lowest BCUT2D eigenvalue weighted by molar-refractivity contribution is -0.123. The first kappa shape index (κ1) is 17.7. The number of hydrogen-bond donors (Lipinski definition) is 2. The summed E-state index contributed by atoms with van der Waals surface area (Å²) in [5, 5.41) is 2.77. The third-order valence-corrected chi connectivity index (χ3v) is 2.77. The summed E-state index contributed by atoms with van der Waals surface area (Å²) in [6.45, 7) is 6.61. The molecule has 0 saturated heterocycles. The van der Waals surface area contributed by atoms with Gasteiger partial charge < -0.3 is 15.8 Å². The van der Waals surface area contributed by atoms with Crippen molar-refractivity contribution in [1.29, 1.82) is 0 Å². The minimum atomic E-state index is -0.117. The fraction of sp³-hybridized carbons (Fsp3) is 0.500. The van der Waals surface area contributed by atoms with Gasteiger partial charge in [-0.05, 0) is 50.5 Å². The summed E-state index contributed by atoms with van der Waals surface area (Å²) in [5.41, 5.74) is 7.96. The summed E-state index contributed by atoms with van der Waals surface area (Å²) in [6.07, 6.45) is 0.773. The quantitative estimate of drug-likeness (QED) is 0.840. The van der Waals surface area contributed by atoms with Gasteiger partial charge >= 0.3 is 0 Å². The van der Waals surface area contributed by atoms with Crippen LogP contribution >= 0.6 is 12.4 Å². The van der Waals surface area contributed by atoms with Crippen LogP contribution in [0.2, 0.25) is 0 Å². The van der Waals surface area contributed by atoms with Crippen molar-refractivity contribution in [2.45, 2.75) is 33.2 Å². The van der Waals surface area contributed by atoms with Crippen LogP contribution in [0.1, 0.15) is 24.5 Å². The lowest BCUT2D eigenvalue weighted by atomic mass is 10.1. The first-order valence-corrected chi connectivity index (χ1v) is 6.21. The molecule has 0 aliphatic heterocycles. The molecule has 1 aromatic carbocycles. The molecule has 19 heavy (non-hydrogen) atoms. The van der Waals surface area contributed by atoms with E-state index in [1.54, 1.807) is 0 Å². The van der Waals surface area contributed by atoms with E-state index in [1.165, 1.54) is 5.56 Å². The summed E-state index contributed by atoms with van der Waals surface area (Å²) in [7, 11) is 0. The maximum Gasteiger partial charge on any atom is 0.257 e. The van der Waals surface area contributed by atoms with Gasteiger partial charge in [0.25, 0.3) is 5.91 Å². The number of benzene rings is 1. The van der Waals surface area contributed by atoms with E-state index in [0.717, 1.165) is 17.7 Å². The number of carbonyl (C=O) groups excluding carboxylic acids is 1.